The Balaban J connectivity index is 1.94. The molecule has 2 aliphatic rings. The van der Waals surface area contributed by atoms with Crippen LogP contribution < -0.4 is 9.80 Å². The molecule has 21 heavy (non-hydrogen) atoms. The minimum Gasteiger partial charge on any atom is -0.378 e. The van der Waals surface area contributed by atoms with E-state index in [1.807, 2.05) is 0 Å². The van der Waals surface area contributed by atoms with E-state index in [1.54, 1.807) is 12.1 Å². The summed E-state index contributed by atoms with van der Waals surface area (Å²) in [7, 11) is 1.51. The molecule has 3 rings (SSSR count). The Morgan fingerprint density at radius 2 is 2.05 bits per heavy atom. The number of aliphatic hydroxyl groups is 1. The Morgan fingerprint density at radius 3 is 2.62 bits per heavy atom. The standard InChI is InChI=1S/C14H15F3N2O2/c1-18-11-6-9(4-5-10(11)12(20)13(18)21)19(8-2-3-8)7-14(15,16)17/h4-6,8,12,20H,2-3,7H2,1H3. The number of amides is 1. The highest BCUT2D eigenvalue weighted by Crippen LogP contribution is 2.40. The van der Waals surface area contributed by atoms with Gasteiger partial charge in [-0.15, -0.1) is 0 Å². The van der Waals surface area contributed by atoms with Gasteiger partial charge in [0.05, 0.1) is 5.69 Å². The number of alkyl halides is 3. The summed E-state index contributed by atoms with van der Waals surface area (Å²) in [6, 6.07) is 4.52. The van der Waals surface area contributed by atoms with Gasteiger partial charge in [0.25, 0.3) is 5.91 Å². The summed E-state index contributed by atoms with van der Waals surface area (Å²) in [6.07, 6.45) is -4.02. The van der Waals surface area contributed by atoms with Gasteiger partial charge in [0.2, 0.25) is 0 Å². The maximum atomic E-state index is 12.7. The largest absolute Gasteiger partial charge is 0.405 e. The highest BCUT2D eigenvalue weighted by atomic mass is 19.4. The second kappa shape index (κ2) is 4.62. The van der Waals surface area contributed by atoms with Gasteiger partial charge in [-0.3, -0.25) is 4.79 Å². The van der Waals surface area contributed by atoms with Gasteiger partial charge in [0.1, 0.15) is 6.54 Å². The van der Waals surface area contributed by atoms with Crippen LogP contribution in [-0.2, 0) is 4.79 Å². The lowest BCUT2D eigenvalue weighted by molar-refractivity contribution is -0.125. The van der Waals surface area contributed by atoms with Crippen LogP contribution in [0.15, 0.2) is 18.2 Å². The molecule has 1 aliphatic heterocycles. The van der Waals surface area contributed by atoms with Gasteiger partial charge in [-0.2, -0.15) is 13.2 Å². The highest BCUT2D eigenvalue weighted by Gasteiger charge is 2.39. The van der Waals surface area contributed by atoms with Gasteiger partial charge in [0, 0.05) is 24.3 Å². The molecule has 1 unspecified atom stereocenters. The normalized spacial score (nSPS) is 21.7. The topological polar surface area (TPSA) is 43.8 Å². The number of likely N-dealkylation sites (N-methyl/N-ethyl adjacent to an activating group) is 1. The molecule has 0 aromatic heterocycles. The summed E-state index contributed by atoms with van der Waals surface area (Å²) in [6.45, 7) is -1.00. The molecule has 1 atom stereocenters. The summed E-state index contributed by atoms with van der Waals surface area (Å²) >= 11 is 0. The zero-order valence-corrected chi connectivity index (χ0v) is 11.4. The van der Waals surface area contributed by atoms with Gasteiger partial charge in [-0.25, -0.2) is 0 Å². The first-order valence-corrected chi connectivity index (χ1v) is 6.71. The van der Waals surface area contributed by atoms with E-state index in [4.69, 9.17) is 0 Å². The number of carbonyl (C=O) groups is 1. The highest BCUT2D eigenvalue weighted by molar-refractivity contribution is 6.03. The lowest BCUT2D eigenvalue weighted by Gasteiger charge is -2.26. The van der Waals surface area contributed by atoms with E-state index >= 15 is 0 Å². The van der Waals surface area contributed by atoms with Crippen LogP contribution in [0.1, 0.15) is 24.5 Å². The number of fused-ring (bicyclic) bond motifs is 1. The van der Waals surface area contributed by atoms with Gasteiger partial charge >= 0.3 is 6.18 Å². The SMILES string of the molecule is CN1C(=O)C(O)c2ccc(N(CC(F)(F)F)C3CC3)cc21. The predicted octanol–water partition coefficient (Wildman–Crippen LogP) is 2.23. The van der Waals surface area contributed by atoms with Crippen molar-refractivity contribution in [1.82, 2.24) is 0 Å². The van der Waals surface area contributed by atoms with Crippen molar-refractivity contribution < 1.29 is 23.1 Å². The molecular formula is C14H15F3N2O2. The number of benzene rings is 1. The zero-order valence-electron chi connectivity index (χ0n) is 11.4. The fourth-order valence-corrected chi connectivity index (χ4v) is 2.68. The predicted molar refractivity (Wildman–Crippen MR) is 71.2 cm³/mol. The van der Waals surface area contributed by atoms with E-state index in [9.17, 15) is 23.1 Å². The molecule has 1 aromatic carbocycles. The van der Waals surface area contributed by atoms with Crippen LogP contribution in [0.5, 0.6) is 0 Å². The molecule has 1 fully saturated rings. The molecule has 1 saturated carbocycles. The van der Waals surface area contributed by atoms with E-state index in [-0.39, 0.29) is 6.04 Å². The summed E-state index contributed by atoms with van der Waals surface area (Å²) in [5, 5.41) is 9.77. The number of hydrogen-bond donors (Lipinski definition) is 1. The second-order valence-electron chi connectivity index (χ2n) is 5.52. The molecule has 1 heterocycles. The molecule has 1 aliphatic carbocycles. The van der Waals surface area contributed by atoms with Gasteiger partial charge in [-0.05, 0) is 25.0 Å². The summed E-state index contributed by atoms with van der Waals surface area (Å²) < 4.78 is 38.1. The van der Waals surface area contributed by atoms with E-state index in [0.29, 0.717) is 16.9 Å². The minimum absolute atomic E-state index is 0.1000. The third kappa shape index (κ3) is 2.57. The fourth-order valence-electron chi connectivity index (χ4n) is 2.68. The Hall–Kier alpha value is -1.76. The second-order valence-corrected chi connectivity index (χ2v) is 5.52. The van der Waals surface area contributed by atoms with Crippen LogP contribution in [-0.4, -0.2) is 36.8 Å². The number of hydrogen-bond acceptors (Lipinski definition) is 3. The summed E-state index contributed by atoms with van der Waals surface area (Å²) in [4.78, 5) is 14.3. The molecule has 0 radical (unpaired) electrons. The summed E-state index contributed by atoms with van der Waals surface area (Å²) in [5.74, 6) is -0.462. The molecule has 1 amide bonds. The number of anilines is 2. The van der Waals surface area contributed by atoms with Crippen molar-refractivity contribution in [2.24, 2.45) is 0 Å². The molecule has 1 N–H and O–H groups in total. The monoisotopic (exact) mass is 300 g/mol. The van der Waals surface area contributed by atoms with Crippen molar-refractivity contribution >= 4 is 17.3 Å². The Morgan fingerprint density at radius 1 is 1.38 bits per heavy atom. The van der Waals surface area contributed by atoms with Crippen molar-refractivity contribution in [3.05, 3.63) is 23.8 Å². The molecule has 114 valence electrons. The van der Waals surface area contributed by atoms with E-state index in [0.717, 1.165) is 12.8 Å². The number of rotatable bonds is 3. The summed E-state index contributed by atoms with van der Waals surface area (Å²) in [5.41, 5.74) is 1.34. The van der Waals surface area contributed by atoms with Crippen molar-refractivity contribution in [3.63, 3.8) is 0 Å². The van der Waals surface area contributed by atoms with Crippen molar-refractivity contribution in [2.75, 3.05) is 23.4 Å². The van der Waals surface area contributed by atoms with Crippen LogP contribution in [0.4, 0.5) is 24.5 Å². The fraction of sp³-hybridized carbons (Fsp3) is 0.500. The van der Waals surface area contributed by atoms with E-state index in [1.165, 1.54) is 22.9 Å². The third-order valence-corrected chi connectivity index (χ3v) is 3.90. The molecule has 0 saturated heterocycles. The molecule has 7 heteroatoms. The third-order valence-electron chi connectivity index (χ3n) is 3.90. The first kappa shape index (κ1) is 14.2. The van der Waals surface area contributed by atoms with Crippen LogP contribution in [0.25, 0.3) is 0 Å². The van der Waals surface area contributed by atoms with Gasteiger partial charge in [-0.1, -0.05) is 6.07 Å². The van der Waals surface area contributed by atoms with Crippen LogP contribution in [0.3, 0.4) is 0 Å². The smallest absolute Gasteiger partial charge is 0.378 e. The van der Waals surface area contributed by atoms with Crippen LogP contribution in [0.2, 0.25) is 0 Å². The Kier molecular flexibility index (Phi) is 3.12. The van der Waals surface area contributed by atoms with E-state index < -0.39 is 24.7 Å². The van der Waals surface area contributed by atoms with Gasteiger partial charge in [0.15, 0.2) is 6.10 Å². The average Bonchev–Trinajstić information content (AvgIpc) is 3.22. The van der Waals surface area contributed by atoms with Crippen LogP contribution in [0, 0.1) is 0 Å². The van der Waals surface area contributed by atoms with Crippen molar-refractivity contribution in [3.8, 4) is 0 Å². The lowest BCUT2D eigenvalue weighted by Crippen LogP contribution is -2.36. The molecular weight excluding hydrogens is 285 g/mol. The molecule has 0 spiro atoms. The average molecular weight is 300 g/mol. The lowest BCUT2D eigenvalue weighted by atomic mass is 10.1. The van der Waals surface area contributed by atoms with Crippen LogP contribution >= 0.6 is 0 Å². The molecule has 4 nitrogen and oxygen atoms in total. The maximum Gasteiger partial charge on any atom is 0.405 e. The maximum absolute atomic E-state index is 12.7. The molecule has 0 bridgehead atoms. The zero-order chi connectivity index (χ0) is 15.4. The first-order valence-electron chi connectivity index (χ1n) is 6.71. The Bertz CT molecular complexity index is 584. The first-order chi connectivity index (χ1) is 9.78. The number of nitrogens with zero attached hydrogens (tertiary/aromatic N) is 2. The van der Waals surface area contributed by atoms with E-state index in [2.05, 4.69) is 0 Å². The van der Waals surface area contributed by atoms with Gasteiger partial charge < -0.3 is 14.9 Å². The number of aliphatic hydroxyl groups excluding tert-OH is 1. The number of carbonyl (C=O) groups excluding carboxylic acids is 1. The number of halogens is 3. The Labute approximate surface area is 119 Å². The van der Waals surface area contributed by atoms with Crippen molar-refractivity contribution in [2.45, 2.75) is 31.2 Å². The van der Waals surface area contributed by atoms with Crippen molar-refractivity contribution in [1.29, 1.82) is 0 Å². The minimum atomic E-state index is -4.27. The molecule has 1 aromatic rings. The quantitative estimate of drug-likeness (QED) is 0.931.